The standard InChI is InChI=1S/C22H32N6O/c1-5-23-22(24-15-17-9-8-12-21(25-17)27(2)3)26-18-13-14-28(16-18)19-10-6-7-11-20(19)29-4/h6-12,18H,5,13-16H2,1-4H3,(H2,23,24,26). The van der Waals surface area contributed by atoms with Crippen molar-refractivity contribution in [3.8, 4) is 5.75 Å². The van der Waals surface area contributed by atoms with E-state index in [1.165, 1.54) is 0 Å². The molecule has 0 aliphatic carbocycles. The van der Waals surface area contributed by atoms with Gasteiger partial charge in [-0.1, -0.05) is 18.2 Å². The highest BCUT2D eigenvalue weighted by atomic mass is 16.5. The SMILES string of the molecule is CCNC(=NCc1cccc(N(C)C)n1)NC1CCN(c2ccccc2OC)C1. The van der Waals surface area contributed by atoms with Gasteiger partial charge in [0, 0.05) is 39.8 Å². The van der Waals surface area contributed by atoms with E-state index in [2.05, 4.69) is 39.6 Å². The second-order valence-corrected chi connectivity index (χ2v) is 7.32. The first-order valence-electron chi connectivity index (χ1n) is 10.2. The van der Waals surface area contributed by atoms with E-state index in [1.54, 1.807) is 7.11 Å². The number of para-hydroxylation sites is 2. The summed E-state index contributed by atoms with van der Waals surface area (Å²) in [6.45, 7) is 5.35. The molecular formula is C22H32N6O. The number of hydrogen-bond donors (Lipinski definition) is 2. The summed E-state index contributed by atoms with van der Waals surface area (Å²) < 4.78 is 5.52. The number of nitrogens with one attached hydrogen (secondary N) is 2. The Bertz CT molecular complexity index is 822. The van der Waals surface area contributed by atoms with Gasteiger partial charge in [-0.15, -0.1) is 0 Å². The van der Waals surface area contributed by atoms with Crippen LogP contribution >= 0.6 is 0 Å². The van der Waals surface area contributed by atoms with E-state index in [-0.39, 0.29) is 0 Å². The summed E-state index contributed by atoms with van der Waals surface area (Å²) in [7, 11) is 5.71. The molecule has 2 aromatic rings. The van der Waals surface area contributed by atoms with E-state index in [0.29, 0.717) is 12.6 Å². The third-order valence-electron chi connectivity index (χ3n) is 4.95. The number of aromatic nitrogens is 1. The van der Waals surface area contributed by atoms with Gasteiger partial charge in [0.25, 0.3) is 0 Å². The van der Waals surface area contributed by atoms with Crippen LogP contribution < -0.4 is 25.2 Å². The summed E-state index contributed by atoms with van der Waals surface area (Å²) in [6.07, 6.45) is 1.05. The molecule has 1 atom stereocenters. The third-order valence-corrected chi connectivity index (χ3v) is 4.95. The Morgan fingerprint density at radius 2 is 2.07 bits per heavy atom. The van der Waals surface area contributed by atoms with E-state index in [9.17, 15) is 0 Å². The molecule has 7 heteroatoms. The number of rotatable bonds is 7. The lowest BCUT2D eigenvalue weighted by molar-refractivity contribution is 0.415. The number of anilines is 2. The molecule has 0 spiro atoms. The van der Waals surface area contributed by atoms with Gasteiger partial charge < -0.3 is 25.2 Å². The zero-order chi connectivity index (χ0) is 20.6. The van der Waals surface area contributed by atoms with E-state index >= 15 is 0 Å². The van der Waals surface area contributed by atoms with E-state index in [0.717, 1.165) is 55.0 Å². The molecule has 0 radical (unpaired) electrons. The van der Waals surface area contributed by atoms with Crippen LogP contribution in [0.4, 0.5) is 11.5 Å². The maximum absolute atomic E-state index is 5.52. The fourth-order valence-electron chi connectivity index (χ4n) is 3.47. The molecule has 2 N–H and O–H groups in total. The lowest BCUT2D eigenvalue weighted by atomic mass is 10.2. The Balaban J connectivity index is 1.63. The van der Waals surface area contributed by atoms with Gasteiger partial charge in [0.1, 0.15) is 11.6 Å². The average molecular weight is 397 g/mol. The Labute approximate surface area is 173 Å². The monoisotopic (exact) mass is 396 g/mol. The van der Waals surface area contributed by atoms with Crippen LogP contribution in [0.3, 0.4) is 0 Å². The van der Waals surface area contributed by atoms with E-state index < -0.39 is 0 Å². The topological polar surface area (TPSA) is 65.0 Å². The normalized spacial score (nSPS) is 16.6. The summed E-state index contributed by atoms with van der Waals surface area (Å²) in [5.41, 5.74) is 2.10. The van der Waals surface area contributed by atoms with Gasteiger partial charge in [0.05, 0.1) is 25.0 Å². The Morgan fingerprint density at radius 1 is 1.24 bits per heavy atom. The van der Waals surface area contributed by atoms with Gasteiger partial charge in [-0.3, -0.25) is 0 Å². The minimum Gasteiger partial charge on any atom is -0.495 e. The van der Waals surface area contributed by atoms with Gasteiger partial charge in [-0.2, -0.15) is 0 Å². The third kappa shape index (κ3) is 5.53. The van der Waals surface area contributed by atoms with Crippen molar-refractivity contribution in [2.75, 3.05) is 50.6 Å². The lowest BCUT2D eigenvalue weighted by Crippen LogP contribution is -2.44. The molecule has 1 unspecified atom stereocenters. The van der Waals surface area contributed by atoms with Gasteiger partial charge in [0.2, 0.25) is 0 Å². The predicted octanol–water partition coefficient (Wildman–Crippen LogP) is 2.49. The fourth-order valence-corrected chi connectivity index (χ4v) is 3.47. The number of guanidine groups is 1. The number of methoxy groups -OCH3 is 1. The first-order chi connectivity index (χ1) is 14.1. The van der Waals surface area contributed by atoms with Crippen LogP contribution in [-0.2, 0) is 6.54 Å². The quantitative estimate of drug-likeness (QED) is 0.554. The number of benzene rings is 1. The van der Waals surface area contributed by atoms with Crippen molar-refractivity contribution in [2.24, 2.45) is 4.99 Å². The molecule has 29 heavy (non-hydrogen) atoms. The summed E-state index contributed by atoms with van der Waals surface area (Å²) in [5, 5.41) is 6.93. The molecule has 1 fully saturated rings. The maximum atomic E-state index is 5.52. The molecule has 7 nitrogen and oxygen atoms in total. The highest BCUT2D eigenvalue weighted by molar-refractivity contribution is 5.80. The van der Waals surface area contributed by atoms with Crippen LogP contribution in [0.5, 0.6) is 5.75 Å². The fraction of sp³-hybridized carbons (Fsp3) is 0.455. The number of ether oxygens (including phenoxy) is 1. The summed E-state index contributed by atoms with van der Waals surface area (Å²) in [5.74, 6) is 2.69. The van der Waals surface area contributed by atoms with Crippen molar-refractivity contribution in [3.63, 3.8) is 0 Å². The Hall–Kier alpha value is -2.96. The van der Waals surface area contributed by atoms with Crippen LogP contribution in [0, 0.1) is 0 Å². The highest BCUT2D eigenvalue weighted by Gasteiger charge is 2.25. The first kappa shape index (κ1) is 20.8. The molecule has 1 aromatic heterocycles. The molecule has 1 aliphatic rings. The molecule has 3 rings (SSSR count). The molecule has 0 bridgehead atoms. The number of aliphatic imine (C=N–C) groups is 1. The first-order valence-corrected chi connectivity index (χ1v) is 10.2. The molecule has 0 saturated carbocycles. The lowest BCUT2D eigenvalue weighted by Gasteiger charge is -2.22. The number of pyridine rings is 1. The maximum Gasteiger partial charge on any atom is 0.191 e. The molecule has 0 amide bonds. The van der Waals surface area contributed by atoms with Crippen molar-refractivity contribution in [1.29, 1.82) is 0 Å². The summed E-state index contributed by atoms with van der Waals surface area (Å²) in [6, 6.07) is 14.6. The molecule has 1 aliphatic heterocycles. The molecule has 1 aromatic carbocycles. The van der Waals surface area contributed by atoms with Crippen LogP contribution in [-0.4, -0.2) is 57.8 Å². The average Bonchev–Trinajstić information content (AvgIpc) is 3.20. The highest BCUT2D eigenvalue weighted by Crippen LogP contribution is 2.30. The zero-order valence-corrected chi connectivity index (χ0v) is 17.9. The van der Waals surface area contributed by atoms with Crippen molar-refractivity contribution < 1.29 is 4.74 Å². The van der Waals surface area contributed by atoms with E-state index in [1.807, 2.05) is 49.3 Å². The van der Waals surface area contributed by atoms with E-state index in [4.69, 9.17) is 9.73 Å². The van der Waals surface area contributed by atoms with Crippen molar-refractivity contribution in [3.05, 3.63) is 48.2 Å². The van der Waals surface area contributed by atoms with Crippen LogP contribution in [0.25, 0.3) is 0 Å². The van der Waals surface area contributed by atoms with Crippen LogP contribution in [0.1, 0.15) is 19.0 Å². The minimum absolute atomic E-state index is 0.332. The zero-order valence-electron chi connectivity index (χ0n) is 17.9. The summed E-state index contributed by atoms with van der Waals surface area (Å²) in [4.78, 5) is 13.8. The van der Waals surface area contributed by atoms with Crippen molar-refractivity contribution >= 4 is 17.5 Å². The number of hydrogen-bond acceptors (Lipinski definition) is 5. The van der Waals surface area contributed by atoms with Gasteiger partial charge in [0.15, 0.2) is 5.96 Å². The van der Waals surface area contributed by atoms with Crippen LogP contribution in [0.15, 0.2) is 47.5 Å². The largest absolute Gasteiger partial charge is 0.495 e. The van der Waals surface area contributed by atoms with Crippen molar-refractivity contribution in [2.45, 2.75) is 25.9 Å². The molecular weight excluding hydrogens is 364 g/mol. The number of nitrogens with zero attached hydrogens (tertiary/aromatic N) is 4. The molecule has 1 saturated heterocycles. The van der Waals surface area contributed by atoms with Gasteiger partial charge >= 0.3 is 0 Å². The van der Waals surface area contributed by atoms with Gasteiger partial charge in [-0.25, -0.2) is 9.98 Å². The molecule has 2 heterocycles. The Kier molecular flexibility index (Phi) is 7.16. The van der Waals surface area contributed by atoms with Crippen molar-refractivity contribution in [1.82, 2.24) is 15.6 Å². The smallest absolute Gasteiger partial charge is 0.191 e. The second kappa shape index (κ2) is 10.0. The Morgan fingerprint density at radius 3 is 2.83 bits per heavy atom. The van der Waals surface area contributed by atoms with Crippen LogP contribution in [0.2, 0.25) is 0 Å². The van der Waals surface area contributed by atoms with Gasteiger partial charge in [-0.05, 0) is 37.6 Å². The second-order valence-electron chi connectivity index (χ2n) is 7.32. The predicted molar refractivity (Wildman–Crippen MR) is 120 cm³/mol. The minimum atomic E-state index is 0.332. The summed E-state index contributed by atoms with van der Waals surface area (Å²) >= 11 is 0. The molecule has 156 valence electrons.